The predicted molar refractivity (Wildman–Crippen MR) is 91.2 cm³/mol. The third kappa shape index (κ3) is 3.23. The van der Waals surface area contributed by atoms with Gasteiger partial charge in [-0.05, 0) is 61.5 Å². The monoisotopic (exact) mass is 328 g/mol. The van der Waals surface area contributed by atoms with Crippen molar-refractivity contribution in [2.45, 2.75) is 13.0 Å². The lowest BCUT2D eigenvalue weighted by Crippen LogP contribution is -2.00. The molecule has 3 aromatic rings. The summed E-state index contributed by atoms with van der Waals surface area (Å²) in [4.78, 5) is 0. The van der Waals surface area contributed by atoms with E-state index in [9.17, 15) is 5.11 Å². The maximum absolute atomic E-state index is 9.86. The molecule has 1 N–H and O–H groups in total. The Morgan fingerprint density at radius 3 is 2.30 bits per heavy atom. The zero-order valence-electron chi connectivity index (χ0n) is 12.9. The average molecular weight is 329 g/mol. The number of aliphatic hydroxyl groups is 1. The molecule has 0 aliphatic heterocycles. The molecule has 3 rings (SSSR count). The molecule has 0 spiro atoms. The molecule has 0 aliphatic rings. The van der Waals surface area contributed by atoms with Crippen molar-refractivity contribution in [3.05, 3.63) is 65.3 Å². The predicted octanol–water partition coefficient (Wildman–Crippen LogP) is 4.25. The number of aliphatic hydroxyl groups excluding tert-OH is 1. The van der Waals surface area contributed by atoms with Crippen LogP contribution in [0.4, 0.5) is 0 Å². The van der Waals surface area contributed by atoms with Crippen LogP contribution in [0, 0.1) is 0 Å². The Balaban J connectivity index is 2.12. The Morgan fingerprint density at radius 2 is 1.74 bits per heavy atom. The molecular weight excluding hydrogens is 312 g/mol. The summed E-state index contributed by atoms with van der Waals surface area (Å²) >= 11 is 5.96. The third-order valence-electron chi connectivity index (χ3n) is 3.61. The van der Waals surface area contributed by atoms with E-state index in [0.717, 1.165) is 22.7 Å². The first-order valence-corrected chi connectivity index (χ1v) is 7.64. The van der Waals surface area contributed by atoms with Crippen molar-refractivity contribution in [3.8, 4) is 22.7 Å². The van der Waals surface area contributed by atoms with Gasteiger partial charge in [-0.1, -0.05) is 11.6 Å². The van der Waals surface area contributed by atoms with Gasteiger partial charge in [-0.3, -0.25) is 0 Å². The van der Waals surface area contributed by atoms with Crippen LogP contribution in [0.2, 0.25) is 5.02 Å². The van der Waals surface area contributed by atoms with E-state index in [4.69, 9.17) is 16.3 Å². The van der Waals surface area contributed by atoms with Gasteiger partial charge in [0.2, 0.25) is 0 Å². The Morgan fingerprint density at radius 1 is 1.09 bits per heavy atom. The number of hydrogen-bond donors (Lipinski definition) is 1. The highest BCUT2D eigenvalue weighted by atomic mass is 35.5. The van der Waals surface area contributed by atoms with Gasteiger partial charge in [-0.2, -0.15) is 5.10 Å². The summed E-state index contributed by atoms with van der Waals surface area (Å²) in [6, 6.07) is 17.1. The second-order valence-corrected chi connectivity index (χ2v) is 5.68. The molecule has 0 radical (unpaired) electrons. The third-order valence-corrected chi connectivity index (χ3v) is 3.87. The Hall–Kier alpha value is -2.30. The van der Waals surface area contributed by atoms with Crippen LogP contribution in [0.25, 0.3) is 16.9 Å². The SMILES string of the molecule is COc1ccc(-c2cc(C(C)O)nn2-c2ccc(Cl)cc2)cc1. The van der Waals surface area contributed by atoms with E-state index in [1.54, 1.807) is 18.7 Å². The van der Waals surface area contributed by atoms with Crippen LogP contribution in [0.3, 0.4) is 0 Å². The van der Waals surface area contributed by atoms with Gasteiger partial charge in [0.05, 0.1) is 30.3 Å². The molecule has 1 heterocycles. The first-order valence-electron chi connectivity index (χ1n) is 7.27. The highest BCUT2D eigenvalue weighted by molar-refractivity contribution is 6.30. The van der Waals surface area contributed by atoms with Gasteiger partial charge in [0.25, 0.3) is 0 Å². The van der Waals surface area contributed by atoms with Crippen LogP contribution in [0.5, 0.6) is 5.75 Å². The van der Waals surface area contributed by atoms with Gasteiger partial charge in [-0.25, -0.2) is 4.68 Å². The van der Waals surface area contributed by atoms with Gasteiger partial charge in [0.1, 0.15) is 5.75 Å². The van der Waals surface area contributed by atoms with Crippen LogP contribution < -0.4 is 4.74 Å². The van der Waals surface area contributed by atoms with Crippen LogP contribution in [0.1, 0.15) is 18.7 Å². The Labute approximate surface area is 139 Å². The lowest BCUT2D eigenvalue weighted by atomic mass is 10.1. The Bertz CT molecular complexity index is 793. The highest BCUT2D eigenvalue weighted by Crippen LogP contribution is 2.28. The molecule has 0 saturated carbocycles. The summed E-state index contributed by atoms with van der Waals surface area (Å²) in [7, 11) is 1.64. The van der Waals surface area contributed by atoms with Gasteiger partial charge >= 0.3 is 0 Å². The van der Waals surface area contributed by atoms with E-state index in [2.05, 4.69) is 5.10 Å². The van der Waals surface area contributed by atoms with Crippen molar-refractivity contribution in [2.75, 3.05) is 7.11 Å². The summed E-state index contributed by atoms with van der Waals surface area (Å²) in [5, 5.41) is 15.1. The zero-order valence-corrected chi connectivity index (χ0v) is 13.7. The number of nitrogens with zero attached hydrogens (tertiary/aromatic N) is 2. The average Bonchev–Trinajstić information content (AvgIpc) is 3.01. The zero-order chi connectivity index (χ0) is 16.4. The maximum Gasteiger partial charge on any atom is 0.118 e. The molecule has 118 valence electrons. The van der Waals surface area contributed by atoms with Gasteiger partial charge in [-0.15, -0.1) is 0 Å². The topological polar surface area (TPSA) is 47.3 Å². The number of methoxy groups -OCH3 is 1. The second-order valence-electron chi connectivity index (χ2n) is 5.25. The summed E-state index contributed by atoms with van der Waals surface area (Å²) in [5.74, 6) is 0.794. The fraction of sp³-hybridized carbons (Fsp3) is 0.167. The molecule has 1 unspecified atom stereocenters. The molecule has 23 heavy (non-hydrogen) atoms. The number of benzene rings is 2. The van der Waals surface area contributed by atoms with Crippen molar-refractivity contribution in [3.63, 3.8) is 0 Å². The van der Waals surface area contributed by atoms with E-state index in [1.165, 1.54) is 0 Å². The maximum atomic E-state index is 9.86. The normalized spacial score (nSPS) is 12.2. The minimum absolute atomic E-state index is 0.616. The smallest absolute Gasteiger partial charge is 0.118 e. The lowest BCUT2D eigenvalue weighted by molar-refractivity contribution is 0.193. The number of aromatic nitrogens is 2. The number of ether oxygens (including phenoxy) is 1. The van der Waals surface area contributed by atoms with Gasteiger partial charge in [0.15, 0.2) is 0 Å². The van der Waals surface area contributed by atoms with E-state index >= 15 is 0 Å². The molecule has 0 amide bonds. The summed E-state index contributed by atoms with van der Waals surface area (Å²) in [5.41, 5.74) is 3.38. The van der Waals surface area contributed by atoms with E-state index in [0.29, 0.717) is 10.7 Å². The molecule has 2 aromatic carbocycles. The second kappa shape index (κ2) is 6.44. The standard InChI is InChI=1S/C18H17ClN2O2/c1-12(22)17-11-18(13-3-9-16(23-2)10-4-13)21(20-17)15-7-5-14(19)6-8-15/h3-12,22H,1-2H3. The van der Waals surface area contributed by atoms with Crippen molar-refractivity contribution >= 4 is 11.6 Å². The molecule has 0 saturated heterocycles. The molecule has 1 aromatic heterocycles. The molecule has 0 bridgehead atoms. The number of rotatable bonds is 4. The number of hydrogen-bond acceptors (Lipinski definition) is 3. The fourth-order valence-electron chi connectivity index (χ4n) is 2.35. The Kier molecular flexibility index (Phi) is 4.37. The van der Waals surface area contributed by atoms with Crippen LogP contribution in [-0.4, -0.2) is 22.0 Å². The van der Waals surface area contributed by atoms with Crippen LogP contribution in [0.15, 0.2) is 54.6 Å². The van der Waals surface area contributed by atoms with Gasteiger partial charge in [0, 0.05) is 10.6 Å². The fourth-order valence-corrected chi connectivity index (χ4v) is 2.48. The first-order chi connectivity index (χ1) is 11.1. The molecule has 0 aliphatic carbocycles. The minimum atomic E-state index is -0.638. The summed E-state index contributed by atoms with van der Waals surface area (Å²) in [6.07, 6.45) is -0.638. The van der Waals surface area contributed by atoms with Crippen LogP contribution in [-0.2, 0) is 0 Å². The van der Waals surface area contributed by atoms with Crippen molar-refractivity contribution < 1.29 is 9.84 Å². The van der Waals surface area contributed by atoms with Gasteiger partial charge < -0.3 is 9.84 Å². The summed E-state index contributed by atoms with van der Waals surface area (Å²) in [6.45, 7) is 1.70. The first kappa shape index (κ1) is 15.6. The molecule has 5 heteroatoms. The van der Waals surface area contributed by atoms with Crippen molar-refractivity contribution in [1.82, 2.24) is 9.78 Å². The van der Waals surface area contributed by atoms with E-state index < -0.39 is 6.10 Å². The molecule has 1 atom stereocenters. The lowest BCUT2D eigenvalue weighted by Gasteiger charge is -2.08. The number of halogens is 1. The molecular formula is C18H17ClN2O2. The van der Waals surface area contributed by atoms with E-state index in [-0.39, 0.29) is 0 Å². The minimum Gasteiger partial charge on any atom is -0.497 e. The van der Waals surface area contributed by atoms with E-state index in [1.807, 2.05) is 54.6 Å². The summed E-state index contributed by atoms with van der Waals surface area (Å²) < 4.78 is 7.01. The molecule has 0 fully saturated rings. The largest absolute Gasteiger partial charge is 0.497 e. The highest BCUT2D eigenvalue weighted by Gasteiger charge is 2.14. The molecule has 4 nitrogen and oxygen atoms in total. The quantitative estimate of drug-likeness (QED) is 0.778. The van der Waals surface area contributed by atoms with Crippen molar-refractivity contribution in [1.29, 1.82) is 0 Å². The van der Waals surface area contributed by atoms with Crippen LogP contribution >= 0.6 is 11.6 Å². The van der Waals surface area contributed by atoms with Crippen molar-refractivity contribution in [2.24, 2.45) is 0 Å².